The lowest BCUT2D eigenvalue weighted by molar-refractivity contribution is 0.128. The van der Waals surface area contributed by atoms with Gasteiger partial charge in [-0.3, -0.25) is 0 Å². The van der Waals surface area contributed by atoms with Crippen LogP contribution >= 0.6 is 0 Å². The molecule has 4 heteroatoms. The second-order valence-electron chi connectivity index (χ2n) is 4.69. The number of rotatable bonds is 4. The first-order valence-electron chi connectivity index (χ1n) is 5.61. The first-order valence-corrected chi connectivity index (χ1v) is 5.61. The van der Waals surface area contributed by atoms with Gasteiger partial charge in [-0.1, -0.05) is 20.8 Å². The number of hydrogen-bond acceptors (Lipinski definition) is 4. The van der Waals surface area contributed by atoms with Crippen molar-refractivity contribution in [1.29, 1.82) is 0 Å². The molecule has 0 aliphatic carbocycles. The summed E-state index contributed by atoms with van der Waals surface area (Å²) in [5.41, 5.74) is 1.05. The van der Waals surface area contributed by atoms with Crippen LogP contribution in [0.25, 0.3) is 0 Å². The predicted molar refractivity (Wildman–Crippen MR) is 65.6 cm³/mol. The van der Waals surface area contributed by atoms with Crippen LogP contribution in [0.1, 0.15) is 39.2 Å². The smallest absolute Gasteiger partial charge is 0.156 e. The van der Waals surface area contributed by atoms with Crippen molar-refractivity contribution in [3.8, 4) is 0 Å². The molecule has 0 aliphatic heterocycles. The molecule has 0 aromatic carbocycles. The maximum atomic E-state index is 5.33. The van der Waals surface area contributed by atoms with Crippen LogP contribution in [-0.2, 0) is 16.8 Å². The van der Waals surface area contributed by atoms with Gasteiger partial charge in [0.05, 0.1) is 5.69 Å². The summed E-state index contributed by atoms with van der Waals surface area (Å²) >= 11 is 0. The summed E-state index contributed by atoms with van der Waals surface area (Å²) in [6, 6.07) is 1.98. The van der Waals surface area contributed by atoms with Crippen LogP contribution in [0.2, 0.25) is 0 Å². The van der Waals surface area contributed by atoms with Gasteiger partial charge < -0.3 is 10.1 Å². The molecule has 0 unspecified atom stereocenters. The molecule has 4 nitrogen and oxygen atoms in total. The van der Waals surface area contributed by atoms with Crippen LogP contribution in [0, 0.1) is 0 Å². The monoisotopic (exact) mass is 223 g/mol. The van der Waals surface area contributed by atoms with E-state index in [4.69, 9.17) is 4.74 Å². The van der Waals surface area contributed by atoms with Gasteiger partial charge in [-0.15, -0.1) is 0 Å². The summed E-state index contributed by atoms with van der Waals surface area (Å²) in [6.45, 7) is 9.53. The van der Waals surface area contributed by atoms with Gasteiger partial charge in [0, 0.05) is 25.1 Å². The number of anilines is 1. The minimum atomic E-state index is 0.0233. The fraction of sp³-hybridized carbons (Fsp3) is 0.667. The minimum absolute atomic E-state index is 0.0233. The summed E-state index contributed by atoms with van der Waals surface area (Å²) in [5.74, 6) is 1.58. The third kappa shape index (κ3) is 3.45. The van der Waals surface area contributed by atoms with Gasteiger partial charge in [0.25, 0.3) is 0 Å². The molecule has 0 spiro atoms. The van der Waals surface area contributed by atoms with Crippen molar-refractivity contribution in [1.82, 2.24) is 9.97 Å². The maximum Gasteiger partial charge on any atom is 0.156 e. The highest BCUT2D eigenvalue weighted by Crippen LogP contribution is 2.22. The molecule has 90 valence electrons. The van der Waals surface area contributed by atoms with Gasteiger partial charge in [-0.2, -0.15) is 0 Å². The second-order valence-corrected chi connectivity index (χ2v) is 4.69. The molecule has 1 aromatic heterocycles. The molecule has 0 saturated carbocycles. The van der Waals surface area contributed by atoms with Crippen molar-refractivity contribution in [2.24, 2.45) is 0 Å². The Morgan fingerprint density at radius 2 is 2.00 bits per heavy atom. The first kappa shape index (κ1) is 12.9. The van der Waals surface area contributed by atoms with Crippen LogP contribution in [0.15, 0.2) is 6.07 Å². The molecule has 0 amide bonds. The lowest BCUT2D eigenvalue weighted by Crippen LogP contribution is -2.16. The van der Waals surface area contributed by atoms with Crippen molar-refractivity contribution in [2.45, 2.75) is 39.7 Å². The van der Waals surface area contributed by atoms with Gasteiger partial charge in [0.1, 0.15) is 12.4 Å². The first-order chi connectivity index (χ1) is 7.47. The van der Waals surface area contributed by atoms with E-state index in [1.54, 1.807) is 0 Å². The lowest BCUT2D eigenvalue weighted by Gasteiger charge is -2.19. The zero-order valence-electron chi connectivity index (χ0n) is 10.8. The second kappa shape index (κ2) is 5.25. The van der Waals surface area contributed by atoms with E-state index in [2.05, 4.69) is 36.1 Å². The zero-order valence-corrected chi connectivity index (χ0v) is 10.8. The van der Waals surface area contributed by atoms with E-state index in [1.165, 1.54) is 0 Å². The van der Waals surface area contributed by atoms with Crippen LogP contribution < -0.4 is 5.32 Å². The largest absolute Gasteiger partial charge is 0.374 e. The van der Waals surface area contributed by atoms with Gasteiger partial charge in [-0.05, 0) is 6.92 Å². The zero-order chi connectivity index (χ0) is 12.2. The normalized spacial score (nSPS) is 11.6. The van der Waals surface area contributed by atoms with Gasteiger partial charge in [0.2, 0.25) is 0 Å². The van der Waals surface area contributed by atoms with Crippen molar-refractivity contribution >= 4 is 5.82 Å². The van der Waals surface area contributed by atoms with Gasteiger partial charge in [0.15, 0.2) is 5.82 Å². The fourth-order valence-corrected chi connectivity index (χ4v) is 1.27. The Labute approximate surface area is 97.5 Å². The Kier molecular flexibility index (Phi) is 4.24. The molecule has 1 rings (SSSR count). The molecular weight excluding hydrogens is 202 g/mol. The lowest BCUT2D eigenvalue weighted by atomic mass is 9.92. The molecule has 0 atom stereocenters. The van der Waals surface area contributed by atoms with E-state index in [-0.39, 0.29) is 5.41 Å². The maximum absolute atomic E-state index is 5.33. The summed E-state index contributed by atoms with van der Waals surface area (Å²) in [4.78, 5) is 8.87. The average molecular weight is 223 g/mol. The molecule has 0 bridgehead atoms. The Hall–Kier alpha value is -1.16. The number of nitrogens with zero attached hydrogens (tertiary/aromatic N) is 2. The molecular formula is C12H21N3O. The Bertz CT molecular complexity index is 345. The van der Waals surface area contributed by atoms with E-state index in [0.29, 0.717) is 13.2 Å². The fourth-order valence-electron chi connectivity index (χ4n) is 1.27. The third-order valence-electron chi connectivity index (χ3n) is 2.23. The van der Waals surface area contributed by atoms with E-state index in [0.717, 1.165) is 17.3 Å². The quantitative estimate of drug-likeness (QED) is 0.851. The Morgan fingerprint density at radius 1 is 1.31 bits per heavy atom. The summed E-state index contributed by atoms with van der Waals surface area (Å²) < 4.78 is 5.33. The van der Waals surface area contributed by atoms with Crippen molar-refractivity contribution in [3.63, 3.8) is 0 Å². The third-order valence-corrected chi connectivity index (χ3v) is 2.23. The summed E-state index contributed by atoms with van der Waals surface area (Å²) in [6.07, 6.45) is 0. The van der Waals surface area contributed by atoms with Crippen LogP contribution in [0.5, 0.6) is 0 Å². The molecule has 1 N–H and O–H groups in total. The predicted octanol–water partition coefficient (Wildman–Crippen LogP) is 2.35. The topological polar surface area (TPSA) is 47.0 Å². The van der Waals surface area contributed by atoms with E-state index in [1.807, 2.05) is 20.0 Å². The SMILES string of the molecule is CCOCc1nc(NC)cc(C(C)(C)C)n1. The van der Waals surface area contributed by atoms with Crippen LogP contribution in [-0.4, -0.2) is 23.6 Å². The van der Waals surface area contributed by atoms with Crippen LogP contribution in [0.4, 0.5) is 5.82 Å². The van der Waals surface area contributed by atoms with E-state index < -0.39 is 0 Å². The average Bonchev–Trinajstić information content (AvgIpc) is 2.24. The molecule has 0 saturated heterocycles. The number of hydrogen-bond donors (Lipinski definition) is 1. The minimum Gasteiger partial charge on any atom is -0.374 e. The highest BCUT2D eigenvalue weighted by atomic mass is 16.5. The van der Waals surface area contributed by atoms with E-state index in [9.17, 15) is 0 Å². The molecule has 0 radical (unpaired) electrons. The van der Waals surface area contributed by atoms with Gasteiger partial charge >= 0.3 is 0 Å². The Balaban J connectivity index is 3.01. The molecule has 1 aromatic rings. The van der Waals surface area contributed by atoms with Gasteiger partial charge in [-0.25, -0.2) is 9.97 Å². The van der Waals surface area contributed by atoms with Crippen molar-refractivity contribution < 1.29 is 4.74 Å². The molecule has 1 heterocycles. The summed E-state index contributed by atoms with van der Waals surface area (Å²) in [7, 11) is 1.86. The van der Waals surface area contributed by atoms with E-state index >= 15 is 0 Å². The molecule has 0 fully saturated rings. The Morgan fingerprint density at radius 3 is 2.50 bits per heavy atom. The van der Waals surface area contributed by atoms with Crippen molar-refractivity contribution in [3.05, 3.63) is 17.6 Å². The number of ether oxygens (including phenoxy) is 1. The summed E-state index contributed by atoms with van der Waals surface area (Å²) in [5, 5.41) is 3.05. The molecule has 16 heavy (non-hydrogen) atoms. The highest BCUT2D eigenvalue weighted by molar-refractivity contribution is 5.37. The van der Waals surface area contributed by atoms with Crippen LogP contribution in [0.3, 0.4) is 0 Å². The number of nitrogens with one attached hydrogen (secondary N) is 1. The number of aromatic nitrogens is 2. The standard InChI is InChI=1S/C12H21N3O/c1-6-16-8-11-14-9(12(2,3)4)7-10(13-5)15-11/h7H,6,8H2,1-5H3,(H,13,14,15). The molecule has 0 aliphatic rings. The highest BCUT2D eigenvalue weighted by Gasteiger charge is 2.17. The van der Waals surface area contributed by atoms with Crippen molar-refractivity contribution in [2.75, 3.05) is 19.0 Å².